The Morgan fingerprint density at radius 1 is 1.21 bits per heavy atom. The van der Waals surface area contributed by atoms with Gasteiger partial charge in [-0.15, -0.1) is 0 Å². The van der Waals surface area contributed by atoms with Crippen molar-refractivity contribution in [1.29, 1.82) is 0 Å². The molecule has 1 heterocycles. The van der Waals surface area contributed by atoms with Crippen molar-refractivity contribution in [3.63, 3.8) is 0 Å². The van der Waals surface area contributed by atoms with Crippen LogP contribution in [0.2, 0.25) is 10.2 Å². The smallest absolute Gasteiger partial charge is 0.191 e. The molecule has 1 aromatic heterocycles. The molecule has 0 aliphatic heterocycles. The molecule has 0 fully saturated rings. The fraction of sp³-hybridized carbons (Fsp3) is 0.353. The third kappa shape index (κ3) is 4.82. The van der Waals surface area contributed by atoms with Crippen LogP contribution in [0.1, 0.15) is 11.3 Å². The second-order valence-electron chi connectivity index (χ2n) is 5.28. The minimum Gasteiger partial charge on any atom is -0.497 e. The van der Waals surface area contributed by atoms with Gasteiger partial charge in [0.25, 0.3) is 0 Å². The monoisotopic (exact) mass is 368 g/mol. The van der Waals surface area contributed by atoms with E-state index in [9.17, 15) is 0 Å². The van der Waals surface area contributed by atoms with Crippen LogP contribution < -0.4 is 15.4 Å². The molecule has 0 aliphatic carbocycles. The Bertz CT molecular complexity index is 695. The minimum atomic E-state index is 0.538. The number of rotatable bonds is 6. The molecule has 0 saturated carbocycles. The maximum Gasteiger partial charge on any atom is 0.191 e. The van der Waals surface area contributed by atoms with Gasteiger partial charge < -0.3 is 19.9 Å². The third-order valence-electron chi connectivity index (χ3n) is 3.74. The van der Waals surface area contributed by atoms with Crippen molar-refractivity contribution in [3.8, 4) is 5.75 Å². The van der Waals surface area contributed by atoms with Crippen LogP contribution in [0.25, 0.3) is 0 Å². The molecule has 1 aromatic carbocycles. The predicted molar refractivity (Wildman–Crippen MR) is 100 cm³/mol. The lowest BCUT2D eigenvalue weighted by molar-refractivity contribution is 0.414. The Balaban J connectivity index is 1.80. The summed E-state index contributed by atoms with van der Waals surface area (Å²) in [5.41, 5.74) is 2.22. The van der Waals surface area contributed by atoms with Crippen LogP contribution in [0.15, 0.2) is 35.3 Å². The molecule has 0 aliphatic rings. The Morgan fingerprint density at radius 3 is 2.46 bits per heavy atom. The highest BCUT2D eigenvalue weighted by Crippen LogP contribution is 2.24. The lowest BCUT2D eigenvalue weighted by Gasteiger charge is -2.12. The topological polar surface area (TPSA) is 50.6 Å². The van der Waals surface area contributed by atoms with Crippen molar-refractivity contribution in [3.05, 3.63) is 51.8 Å². The molecule has 0 radical (unpaired) electrons. The van der Waals surface area contributed by atoms with E-state index in [0.29, 0.717) is 16.7 Å². The molecule has 7 heteroatoms. The Morgan fingerprint density at radius 2 is 1.92 bits per heavy atom. The van der Waals surface area contributed by atoms with Crippen LogP contribution in [0.5, 0.6) is 5.75 Å². The van der Waals surface area contributed by atoms with Crippen molar-refractivity contribution >= 4 is 29.2 Å². The highest BCUT2D eigenvalue weighted by Gasteiger charge is 2.09. The zero-order valence-corrected chi connectivity index (χ0v) is 15.6. The zero-order valence-electron chi connectivity index (χ0n) is 14.1. The standard InChI is InChI=1S/C17H22Cl2N4O/c1-20-17(22-11-13-10-15(18)16(19)23(13)2)21-9-8-12-4-6-14(24-3)7-5-12/h4-7,10H,8-9,11H2,1-3H3,(H2,20,21,22). The number of benzene rings is 1. The summed E-state index contributed by atoms with van der Waals surface area (Å²) in [7, 11) is 5.29. The van der Waals surface area contributed by atoms with Crippen LogP contribution in [-0.4, -0.2) is 31.2 Å². The number of aliphatic imine (C=N–C) groups is 1. The van der Waals surface area contributed by atoms with Crippen LogP contribution in [0.4, 0.5) is 0 Å². The Labute approximate surface area is 152 Å². The largest absolute Gasteiger partial charge is 0.497 e. The molecule has 2 rings (SSSR count). The molecule has 2 N–H and O–H groups in total. The quantitative estimate of drug-likeness (QED) is 0.607. The van der Waals surface area contributed by atoms with E-state index in [2.05, 4.69) is 27.8 Å². The number of ether oxygens (including phenoxy) is 1. The lowest BCUT2D eigenvalue weighted by atomic mass is 10.1. The zero-order chi connectivity index (χ0) is 17.5. The fourth-order valence-corrected chi connectivity index (χ4v) is 2.69. The van der Waals surface area contributed by atoms with Crippen molar-refractivity contribution < 1.29 is 4.74 Å². The van der Waals surface area contributed by atoms with Gasteiger partial charge in [-0.2, -0.15) is 0 Å². The molecule has 0 amide bonds. The molecule has 0 spiro atoms. The summed E-state index contributed by atoms with van der Waals surface area (Å²) < 4.78 is 7.01. The normalized spacial score (nSPS) is 11.5. The molecule has 130 valence electrons. The van der Waals surface area contributed by atoms with Crippen LogP contribution >= 0.6 is 23.2 Å². The van der Waals surface area contributed by atoms with Gasteiger partial charge in [-0.25, -0.2) is 0 Å². The first-order valence-electron chi connectivity index (χ1n) is 7.62. The number of nitrogens with one attached hydrogen (secondary N) is 2. The van der Waals surface area contributed by atoms with Gasteiger partial charge in [0.1, 0.15) is 10.9 Å². The fourth-order valence-electron chi connectivity index (χ4n) is 2.27. The molecule has 0 saturated heterocycles. The maximum absolute atomic E-state index is 6.07. The van der Waals surface area contributed by atoms with Crippen molar-refractivity contribution in [2.45, 2.75) is 13.0 Å². The average Bonchev–Trinajstić information content (AvgIpc) is 2.85. The number of nitrogens with zero attached hydrogens (tertiary/aromatic N) is 2. The molecular formula is C17H22Cl2N4O. The van der Waals surface area contributed by atoms with Crippen LogP contribution in [0.3, 0.4) is 0 Å². The van der Waals surface area contributed by atoms with E-state index in [1.54, 1.807) is 14.2 Å². The van der Waals surface area contributed by atoms with Gasteiger partial charge in [0.05, 0.1) is 18.7 Å². The second kappa shape index (κ2) is 8.85. The predicted octanol–water partition coefficient (Wildman–Crippen LogP) is 3.25. The summed E-state index contributed by atoms with van der Waals surface area (Å²) in [4.78, 5) is 4.22. The van der Waals surface area contributed by atoms with E-state index >= 15 is 0 Å². The van der Waals surface area contributed by atoms with Crippen molar-refractivity contribution in [2.75, 3.05) is 20.7 Å². The highest BCUT2D eigenvalue weighted by molar-refractivity contribution is 6.41. The van der Waals surface area contributed by atoms with Crippen LogP contribution in [0, 0.1) is 0 Å². The third-order valence-corrected chi connectivity index (χ3v) is 4.58. The summed E-state index contributed by atoms with van der Waals surface area (Å²) in [6, 6.07) is 9.90. The minimum absolute atomic E-state index is 0.538. The highest BCUT2D eigenvalue weighted by atomic mass is 35.5. The summed E-state index contributed by atoms with van der Waals surface area (Å²) in [6.07, 6.45) is 0.895. The first kappa shape index (κ1) is 18.5. The summed E-state index contributed by atoms with van der Waals surface area (Å²) in [5.74, 6) is 1.60. The summed E-state index contributed by atoms with van der Waals surface area (Å²) >= 11 is 12.1. The second-order valence-corrected chi connectivity index (χ2v) is 6.05. The first-order chi connectivity index (χ1) is 11.5. The van der Waals surface area contributed by atoms with E-state index in [0.717, 1.165) is 30.4 Å². The summed E-state index contributed by atoms with van der Waals surface area (Å²) in [6.45, 7) is 1.37. The molecule has 0 atom stereocenters. The molecule has 0 bridgehead atoms. The molecular weight excluding hydrogens is 347 g/mol. The van der Waals surface area contributed by atoms with E-state index in [1.807, 2.05) is 29.8 Å². The average molecular weight is 369 g/mol. The molecule has 2 aromatic rings. The van der Waals surface area contributed by atoms with Crippen LogP contribution in [-0.2, 0) is 20.0 Å². The van der Waals surface area contributed by atoms with Gasteiger partial charge in [-0.05, 0) is 30.2 Å². The first-order valence-corrected chi connectivity index (χ1v) is 8.37. The van der Waals surface area contributed by atoms with E-state index < -0.39 is 0 Å². The van der Waals surface area contributed by atoms with E-state index in [4.69, 9.17) is 27.9 Å². The maximum atomic E-state index is 6.07. The number of methoxy groups -OCH3 is 1. The summed E-state index contributed by atoms with van der Waals surface area (Å²) in [5, 5.41) is 7.63. The number of hydrogen-bond acceptors (Lipinski definition) is 2. The van der Waals surface area contributed by atoms with Gasteiger partial charge >= 0.3 is 0 Å². The van der Waals surface area contributed by atoms with Gasteiger partial charge in [0, 0.05) is 26.3 Å². The van der Waals surface area contributed by atoms with Crippen molar-refractivity contribution in [1.82, 2.24) is 15.2 Å². The molecule has 5 nitrogen and oxygen atoms in total. The van der Waals surface area contributed by atoms with E-state index in [-0.39, 0.29) is 0 Å². The number of aromatic nitrogens is 1. The molecule has 0 unspecified atom stereocenters. The SMILES string of the molecule is CN=C(NCCc1ccc(OC)cc1)NCc1cc(Cl)c(Cl)n1C. The number of hydrogen-bond donors (Lipinski definition) is 2. The van der Waals surface area contributed by atoms with Gasteiger partial charge in [0.2, 0.25) is 0 Å². The number of guanidine groups is 1. The Kier molecular flexibility index (Phi) is 6.82. The van der Waals surface area contributed by atoms with Gasteiger partial charge in [-0.3, -0.25) is 4.99 Å². The van der Waals surface area contributed by atoms with Gasteiger partial charge in [0.15, 0.2) is 5.96 Å². The molecule has 24 heavy (non-hydrogen) atoms. The van der Waals surface area contributed by atoms with Crippen molar-refractivity contribution in [2.24, 2.45) is 12.0 Å². The van der Waals surface area contributed by atoms with E-state index in [1.165, 1.54) is 5.56 Å². The Hall–Kier alpha value is -1.85. The number of halogens is 2. The lowest BCUT2D eigenvalue weighted by Crippen LogP contribution is -2.38. The van der Waals surface area contributed by atoms with Gasteiger partial charge in [-0.1, -0.05) is 35.3 Å².